The van der Waals surface area contributed by atoms with E-state index in [1.54, 1.807) is 0 Å². The first kappa shape index (κ1) is 9.52. The Hall–Kier alpha value is -0.570. The van der Waals surface area contributed by atoms with Gasteiger partial charge in [-0.3, -0.25) is 4.79 Å². The first-order chi connectivity index (χ1) is 5.70. The highest BCUT2D eigenvalue weighted by Gasteiger charge is 2.21. The van der Waals surface area contributed by atoms with Crippen molar-refractivity contribution in [2.75, 3.05) is 13.1 Å². The monoisotopic (exact) mass is 171 g/mol. The molecule has 0 spiro atoms. The third-order valence-corrected chi connectivity index (χ3v) is 2.69. The Labute approximate surface area is 73.2 Å². The second-order valence-electron chi connectivity index (χ2n) is 3.66. The molecule has 3 heteroatoms. The number of hydrogen-bond acceptors (Lipinski definition) is 2. The summed E-state index contributed by atoms with van der Waals surface area (Å²) in [5.41, 5.74) is 0. The maximum absolute atomic E-state index is 10.3. The number of nitrogens with one attached hydrogen (secondary N) is 1. The van der Waals surface area contributed by atoms with Crippen molar-refractivity contribution in [2.45, 2.75) is 26.2 Å². The maximum atomic E-state index is 10.3. The van der Waals surface area contributed by atoms with Crippen LogP contribution in [0.3, 0.4) is 0 Å². The van der Waals surface area contributed by atoms with Gasteiger partial charge in [0.15, 0.2) is 0 Å². The lowest BCUT2D eigenvalue weighted by molar-refractivity contribution is -0.137. The van der Waals surface area contributed by atoms with Gasteiger partial charge in [-0.05, 0) is 37.8 Å². The average molecular weight is 171 g/mol. The largest absolute Gasteiger partial charge is 0.481 e. The van der Waals surface area contributed by atoms with Crippen LogP contribution in [0.2, 0.25) is 0 Å². The molecule has 0 aromatic carbocycles. The van der Waals surface area contributed by atoms with Gasteiger partial charge in [0.2, 0.25) is 0 Å². The van der Waals surface area contributed by atoms with Gasteiger partial charge in [-0.2, -0.15) is 0 Å². The second kappa shape index (κ2) is 4.45. The summed E-state index contributed by atoms with van der Waals surface area (Å²) in [5, 5.41) is 11.8. The molecule has 1 saturated heterocycles. The van der Waals surface area contributed by atoms with Crippen LogP contribution >= 0.6 is 0 Å². The van der Waals surface area contributed by atoms with Crippen molar-refractivity contribution < 1.29 is 9.90 Å². The lowest BCUT2D eigenvalue weighted by Crippen LogP contribution is -2.35. The fraction of sp³-hybridized carbons (Fsp3) is 0.889. The lowest BCUT2D eigenvalue weighted by Gasteiger charge is -2.28. The van der Waals surface area contributed by atoms with Crippen LogP contribution in [-0.2, 0) is 4.79 Å². The quantitative estimate of drug-likeness (QED) is 0.668. The number of carbonyl (C=O) groups is 1. The summed E-state index contributed by atoms with van der Waals surface area (Å²) < 4.78 is 0. The Kier molecular flexibility index (Phi) is 3.53. The van der Waals surface area contributed by atoms with Crippen molar-refractivity contribution in [2.24, 2.45) is 11.8 Å². The van der Waals surface area contributed by atoms with E-state index in [1.165, 1.54) is 0 Å². The smallest absolute Gasteiger partial charge is 0.303 e. The molecule has 70 valence electrons. The molecule has 1 fully saturated rings. The normalized spacial score (nSPS) is 30.1. The number of hydrogen-bond donors (Lipinski definition) is 2. The molecular formula is C9H17NO2. The molecule has 2 atom stereocenters. The van der Waals surface area contributed by atoms with Crippen LogP contribution in [0, 0.1) is 11.8 Å². The third kappa shape index (κ3) is 2.81. The van der Waals surface area contributed by atoms with Crippen molar-refractivity contribution in [1.82, 2.24) is 5.32 Å². The summed E-state index contributed by atoms with van der Waals surface area (Å²) >= 11 is 0. The molecule has 3 nitrogen and oxygen atoms in total. The first-order valence-electron chi connectivity index (χ1n) is 4.62. The van der Waals surface area contributed by atoms with Crippen LogP contribution < -0.4 is 5.32 Å². The molecular weight excluding hydrogens is 154 g/mol. The summed E-state index contributed by atoms with van der Waals surface area (Å²) in [7, 11) is 0. The van der Waals surface area contributed by atoms with Crippen LogP contribution in [0.1, 0.15) is 26.2 Å². The zero-order valence-electron chi connectivity index (χ0n) is 7.55. The maximum Gasteiger partial charge on any atom is 0.303 e. The number of carboxylic acids is 1. The molecule has 1 rings (SSSR count). The summed E-state index contributed by atoms with van der Waals surface area (Å²) in [5.74, 6) is 0.584. The molecule has 2 N–H and O–H groups in total. The highest BCUT2D eigenvalue weighted by atomic mass is 16.4. The Morgan fingerprint density at radius 2 is 2.42 bits per heavy atom. The van der Waals surface area contributed by atoms with Crippen molar-refractivity contribution in [1.29, 1.82) is 0 Å². The molecule has 1 heterocycles. The van der Waals surface area contributed by atoms with Gasteiger partial charge in [-0.25, -0.2) is 0 Å². The third-order valence-electron chi connectivity index (χ3n) is 2.69. The fourth-order valence-corrected chi connectivity index (χ4v) is 1.81. The highest BCUT2D eigenvalue weighted by molar-refractivity contribution is 5.66. The molecule has 12 heavy (non-hydrogen) atoms. The molecule has 0 aliphatic carbocycles. The Balaban J connectivity index is 2.24. The Morgan fingerprint density at radius 1 is 1.67 bits per heavy atom. The molecule has 0 bridgehead atoms. The van der Waals surface area contributed by atoms with Crippen molar-refractivity contribution in [3.8, 4) is 0 Å². The van der Waals surface area contributed by atoms with Crippen LogP contribution in [0.25, 0.3) is 0 Å². The van der Waals surface area contributed by atoms with Gasteiger partial charge < -0.3 is 10.4 Å². The molecule has 0 amide bonds. The SMILES string of the molecule is C[C@H]1CNCC[C@@H]1CCC(=O)O. The van der Waals surface area contributed by atoms with E-state index >= 15 is 0 Å². The summed E-state index contributed by atoms with van der Waals surface area (Å²) in [4.78, 5) is 10.3. The lowest BCUT2D eigenvalue weighted by atomic mass is 9.84. The molecule has 0 radical (unpaired) electrons. The average Bonchev–Trinajstić information content (AvgIpc) is 2.03. The van der Waals surface area contributed by atoms with Crippen molar-refractivity contribution >= 4 is 5.97 Å². The van der Waals surface area contributed by atoms with E-state index in [9.17, 15) is 4.79 Å². The van der Waals surface area contributed by atoms with Gasteiger partial charge >= 0.3 is 5.97 Å². The standard InChI is InChI=1S/C9H17NO2/c1-7-6-10-5-4-8(7)2-3-9(11)12/h7-8,10H,2-6H2,1H3,(H,11,12)/t7-,8-/m0/s1. The van der Waals surface area contributed by atoms with E-state index in [0.29, 0.717) is 18.3 Å². The highest BCUT2D eigenvalue weighted by Crippen LogP contribution is 2.23. The minimum atomic E-state index is -0.666. The molecule has 0 aromatic rings. The van der Waals surface area contributed by atoms with Crippen LogP contribution in [0.15, 0.2) is 0 Å². The van der Waals surface area contributed by atoms with Gasteiger partial charge in [0.05, 0.1) is 0 Å². The second-order valence-corrected chi connectivity index (χ2v) is 3.66. The predicted molar refractivity (Wildman–Crippen MR) is 47.0 cm³/mol. The van der Waals surface area contributed by atoms with Gasteiger partial charge in [0.25, 0.3) is 0 Å². The van der Waals surface area contributed by atoms with Crippen molar-refractivity contribution in [3.63, 3.8) is 0 Å². The van der Waals surface area contributed by atoms with Gasteiger partial charge in [0, 0.05) is 6.42 Å². The van der Waals surface area contributed by atoms with Crippen LogP contribution in [0.5, 0.6) is 0 Å². The fourth-order valence-electron chi connectivity index (χ4n) is 1.81. The Bertz CT molecular complexity index is 159. The predicted octanol–water partition coefficient (Wildman–Crippen LogP) is 1.10. The van der Waals surface area contributed by atoms with E-state index < -0.39 is 5.97 Å². The minimum Gasteiger partial charge on any atom is -0.481 e. The molecule has 1 aliphatic rings. The van der Waals surface area contributed by atoms with E-state index in [4.69, 9.17) is 5.11 Å². The first-order valence-corrected chi connectivity index (χ1v) is 4.62. The molecule has 1 aliphatic heterocycles. The van der Waals surface area contributed by atoms with Gasteiger partial charge in [-0.15, -0.1) is 0 Å². The number of piperidine rings is 1. The van der Waals surface area contributed by atoms with E-state index in [0.717, 1.165) is 25.9 Å². The molecule has 0 unspecified atom stereocenters. The zero-order valence-corrected chi connectivity index (χ0v) is 7.55. The van der Waals surface area contributed by atoms with Gasteiger partial charge in [-0.1, -0.05) is 6.92 Å². The number of carboxylic acid groups (broad SMARTS) is 1. The van der Waals surface area contributed by atoms with E-state index in [2.05, 4.69) is 12.2 Å². The van der Waals surface area contributed by atoms with E-state index in [1.807, 2.05) is 0 Å². The summed E-state index contributed by atoms with van der Waals surface area (Å²) in [6.45, 7) is 4.29. The Morgan fingerprint density at radius 3 is 3.00 bits per heavy atom. The number of aliphatic carboxylic acids is 1. The van der Waals surface area contributed by atoms with Crippen molar-refractivity contribution in [3.05, 3.63) is 0 Å². The summed E-state index contributed by atoms with van der Waals surface area (Å²) in [6, 6.07) is 0. The molecule has 0 saturated carbocycles. The van der Waals surface area contributed by atoms with Crippen LogP contribution in [-0.4, -0.2) is 24.2 Å². The minimum absolute atomic E-state index is 0.328. The summed E-state index contributed by atoms with van der Waals surface area (Å²) in [6.07, 6.45) is 2.31. The van der Waals surface area contributed by atoms with Crippen LogP contribution in [0.4, 0.5) is 0 Å². The molecule has 0 aromatic heterocycles. The van der Waals surface area contributed by atoms with E-state index in [-0.39, 0.29) is 0 Å². The van der Waals surface area contributed by atoms with Gasteiger partial charge in [0.1, 0.15) is 0 Å². The topological polar surface area (TPSA) is 49.3 Å². The zero-order chi connectivity index (χ0) is 8.97. The number of rotatable bonds is 3.